The third-order valence-electron chi connectivity index (χ3n) is 17.1. The van der Waals surface area contributed by atoms with Crippen molar-refractivity contribution >= 4 is 74.1 Å². The summed E-state index contributed by atoms with van der Waals surface area (Å²) in [6.45, 7) is 11.9. The van der Waals surface area contributed by atoms with Crippen molar-refractivity contribution in [2.75, 3.05) is 64.4 Å². The van der Waals surface area contributed by atoms with E-state index in [0.717, 1.165) is 84.5 Å². The number of carbonyl (C=O) groups excluding carboxylic acids is 4. The molecule has 2 bridgehead atoms. The highest BCUT2D eigenvalue weighted by Gasteiger charge is 2.45. The number of anilines is 1. The van der Waals surface area contributed by atoms with Crippen LogP contribution in [-0.2, 0) is 25.7 Å². The number of hydrogen-bond donors (Lipinski definition) is 5. The second-order valence-corrected chi connectivity index (χ2v) is 25.1. The van der Waals surface area contributed by atoms with Gasteiger partial charge in [0.25, 0.3) is 0 Å². The molecule has 3 aromatic heterocycles. The largest absolute Gasteiger partial charge is 0.462 e. The van der Waals surface area contributed by atoms with Crippen LogP contribution in [0.4, 0.5) is 10.2 Å². The first-order valence-electron chi connectivity index (χ1n) is 28.4. The quantitative estimate of drug-likeness (QED) is 0.0702. The van der Waals surface area contributed by atoms with Crippen molar-refractivity contribution in [3.8, 4) is 27.7 Å². The molecule has 81 heavy (non-hydrogen) atoms. The Balaban J connectivity index is 0.659. The summed E-state index contributed by atoms with van der Waals surface area (Å²) in [6, 6.07) is 18.3. The second kappa shape index (κ2) is 23.8. The maximum Gasteiger partial charge on any atom is 0.319 e. The number of hydrogen-bond acceptors (Lipinski definition) is 15. The number of piperidine rings is 1. The van der Waals surface area contributed by atoms with Crippen LogP contribution in [0.1, 0.15) is 77.0 Å². The van der Waals surface area contributed by atoms with Crippen molar-refractivity contribution in [1.29, 1.82) is 0 Å². The average molecular weight is 1140 g/mol. The molecule has 5 aliphatic heterocycles. The number of β-amino-alcohol motifs (C(OH)–C–C–N with tert-alkyl or cyclic N) is 1. The van der Waals surface area contributed by atoms with Gasteiger partial charge in [-0.15, -0.1) is 11.3 Å². The first-order valence-corrected chi connectivity index (χ1v) is 29.7. The number of rotatable bonds is 16. The lowest BCUT2D eigenvalue weighted by molar-refractivity contribution is -0.144. The van der Waals surface area contributed by atoms with Gasteiger partial charge in [0.1, 0.15) is 35.7 Å². The van der Waals surface area contributed by atoms with Crippen LogP contribution in [0.2, 0.25) is 5.02 Å². The van der Waals surface area contributed by atoms with Crippen molar-refractivity contribution in [2.24, 2.45) is 11.3 Å². The van der Waals surface area contributed by atoms with Crippen LogP contribution in [0.15, 0.2) is 72.4 Å². The van der Waals surface area contributed by atoms with Gasteiger partial charge < -0.3 is 40.9 Å². The summed E-state index contributed by atoms with van der Waals surface area (Å²) < 4.78 is 23.5. The highest BCUT2D eigenvalue weighted by Crippen LogP contribution is 2.39. The molecule has 11 rings (SSSR count). The van der Waals surface area contributed by atoms with Crippen molar-refractivity contribution in [3.05, 3.63) is 94.5 Å². The molecule has 8 heterocycles. The molecule has 4 amide bonds. The Labute approximate surface area is 480 Å². The van der Waals surface area contributed by atoms with Crippen molar-refractivity contribution in [3.63, 3.8) is 0 Å². The lowest BCUT2D eigenvalue weighted by Crippen LogP contribution is -2.58. The number of aliphatic hydroxyl groups excluding tert-OH is 1. The smallest absolute Gasteiger partial charge is 0.319 e. The van der Waals surface area contributed by atoms with Gasteiger partial charge in [0, 0.05) is 104 Å². The molecule has 0 spiro atoms. The molecule has 3 aromatic carbocycles. The predicted octanol–water partition coefficient (Wildman–Crippen LogP) is 6.49. The molecule has 5 saturated heterocycles. The maximum absolute atomic E-state index is 17.0. The molecule has 0 radical (unpaired) electrons. The number of piperazine rings is 1. The summed E-state index contributed by atoms with van der Waals surface area (Å²) >= 11 is 8.27. The number of likely N-dealkylation sites (N-methyl/N-ethyl adjacent to an activating group) is 1. The maximum atomic E-state index is 17.0. The number of aryl methyl sites for hydroxylation is 1. The highest BCUT2D eigenvalue weighted by atomic mass is 35.5. The molecule has 5 N–H and O–H groups in total. The number of aliphatic hydroxyl groups is 1. The Morgan fingerprint density at radius 3 is 2.37 bits per heavy atom. The van der Waals surface area contributed by atoms with Gasteiger partial charge in [0.2, 0.25) is 23.6 Å². The molecule has 428 valence electrons. The number of ether oxygens (including phenoxy) is 1. The number of pyridine rings is 1. The Bertz CT molecular complexity index is 3300. The monoisotopic (exact) mass is 1140 g/mol. The Kier molecular flexibility index (Phi) is 16.6. The number of aromatic nitrogens is 4. The van der Waals surface area contributed by atoms with Crippen LogP contribution in [-0.4, -0.2) is 165 Å². The van der Waals surface area contributed by atoms with Crippen LogP contribution in [0, 0.1) is 24.1 Å². The van der Waals surface area contributed by atoms with Gasteiger partial charge in [-0.3, -0.25) is 34.0 Å². The molecule has 0 saturated carbocycles. The van der Waals surface area contributed by atoms with Crippen LogP contribution >= 0.6 is 22.9 Å². The molecule has 6 aromatic rings. The summed E-state index contributed by atoms with van der Waals surface area (Å²) in [6.07, 6.45) is 5.16. The SMILES string of the molecule is Cc1ncsc1-c1ccc(CNC(=O)[C@@H]2C[C@@H](O)CN2C(=O)[C@@H](NC(=O)CCNC(=O)C2CCN([C@H]3C[C@@H](COc4nc(N5CC6CCC(C5)N6)c5cnc(-c6cccc7cccc(Cl)c67)c(F)c5n4)N(C)C3)CC2)C(C)(C)C)cc1. The Hall–Kier alpha value is -6.42. The predicted molar refractivity (Wildman–Crippen MR) is 311 cm³/mol. The normalized spacial score (nSPS) is 23.1. The van der Waals surface area contributed by atoms with E-state index < -0.39 is 41.2 Å². The van der Waals surface area contributed by atoms with Crippen LogP contribution in [0.25, 0.3) is 43.4 Å². The molecular formula is C60H72ClFN12O6S. The van der Waals surface area contributed by atoms with Gasteiger partial charge >= 0.3 is 6.01 Å². The van der Waals surface area contributed by atoms with E-state index in [-0.39, 0.29) is 79.5 Å². The van der Waals surface area contributed by atoms with Crippen LogP contribution in [0.5, 0.6) is 6.01 Å². The van der Waals surface area contributed by atoms with Gasteiger partial charge in [-0.25, -0.2) is 9.37 Å². The lowest BCUT2D eigenvalue weighted by Gasteiger charge is -2.35. The summed E-state index contributed by atoms with van der Waals surface area (Å²) in [5.41, 5.74) is 4.88. The molecule has 18 nitrogen and oxygen atoms in total. The van der Waals surface area contributed by atoms with Gasteiger partial charge in [-0.05, 0) is 87.2 Å². The molecular weight excluding hydrogens is 1070 g/mol. The zero-order valence-corrected chi connectivity index (χ0v) is 48.2. The molecule has 21 heteroatoms. The number of thiazole rings is 1. The third kappa shape index (κ3) is 12.2. The molecule has 0 aliphatic carbocycles. The number of fused-ring (bicyclic) bond motifs is 4. The summed E-state index contributed by atoms with van der Waals surface area (Å²) in [4.78, 5) is 82.9. The standard InChI is InChI=1S/C60H72ClFN12O6S/c1-34-53(81-33-66-34)37-14-12-35(13-15-37)26-65-57(78)47-25-43(75)31-74(47)58(79)54(60(2,3)4)68-48(76)18-21-63-56(77)38-19-22-72(23-20-38)41-24-42(71(5)30-41)32-80-59-69-52-45(55(70-59)73-28-39-16-17-40(29-73)67-39)27-64-51(50(52)62)44-10-6-8-36-9-7-11-46(61)49(36)44/h6-15,27,33,38-43,47,54,67,75H,16-26,28-32H2,1-5H3,(H,63,77)(H,65,78)(H,68,76)/t39?,40?,41-,42-,43+,47-,54+/m0/s1. The molecule has 2 unspecified atom stereocenters. The van der Waals surface area contributed by atoms with E-state index in [0.29, 0.717) is 53.3 Å². The van der Waals surface area contributed by atoms with E-state index in [4.69, 9.17) is 31.3 Å². The van der Waals surface area contributed by atoms with Gasteiger partial charge in [0.05, 0.1) is 27.6 Å². The van der Waals surface area contributed by atoms with Crippen LogP contribution < -0.4 is 30.9 Å². The number of likely N-dealkylation sites (tertiary alicyclic amines) is 3. The Morgan fingerprint density at radius 2 is 1.65 bits per heavy atom. The van der Waals surface area contributed by atoms with Crippen molar-refractivity contribution in [1.82, 2.24) is 55.9 Å². The van der Waals surface area contributed by atoms with E-state index >= 15 is 4.39 Å². The average Bonchev–Trinajstić information content (AvgIpc) is 4.38. The molecule has 7 atom stereocenters. The minimum Gasteiger partial charge on any atom is -0.462 e. The highest BCUT2D eigenvalue weighted by molar-refractivity contribution is 7.13. The molecule has 5 aliphatic rings. The summed E-state index contributed by atoms with van der Waals surface area (Å²) in [7, 11) is 2.08. The fraction of sp³-hybridized carbons (Fsp3) is 0.500. The lowest BCUT2D eigenvalue weighted by atomic mass is 9.85. The van der Waals surface area contributed by atoms with Crippen molar-refractivity contribution in [2.45, 2.75) is 122 Å². The van der Waals surface area contributed by atoms with E-state index in [9.17, 15) is 24.3 Å². The number of halogens is 2. The molecule has 5 fully saturated rings. The van der Waals surface area contributed by atoms with E-state index in [1.807, 2.05) is 87.8 Å². The fourth-order valence-corrected chi connectivity index (χ4v) is 13.7. The van der Waals surface area contributed by atoms with Gasteiger partial charge in [-0.2, -0.15) is 9.97 Å². The van der Waals surface area contributed by atoms with E-state index in [1.54, 1.807) is 23.6 Å². The zero-order chi connectivity index (χ0) is 56.7. The van der Waals surface area contributed by atoms with Gasteiger partial charge in [-0.1, -0.05) is 87.0 Å². The first kappa shape index (κ1) is 56.4. The first-order chi connectivity index (χ1) is 38.9. The number of amides is 4. The number of nitrogens with one attached hydrogen (secondary N) is 4. The second-order valence-electron chi connectivity index (χ2n) is 23.8. The topological polar surface area (TPSA) is 210 Å². The van der Waals surface area contributed by atoms with Crippen molar-refractivity contribution < 1.29 is 33.4 Å². The van der Waals surface area contributed by atoms with E-state index in [2.05, 4.69) is 48.0 Å². The number of nitrogens with zero attached hydrogens (tertiary/aromatic N) is 8. The Morgan fingerprint density at radius 1 is 0.914 bits per heavy atom. The summed E-state index contributed by atoms with van der Waals surface area (Å²) in [5, 5.41) is 25.8. The minimum atomic E-state index is -0.981. The minimum absolute atomic E-state index is 0.0299. The third-order valence-corrected chi connectivity index (χ3v) is 18.4. The fourth-order valence-electron chi connectivity index (χ4n) is 12.6. The summed E-state index contributed by atoms with van der Waals surface area (Å²) in [5.74, 6) is -1.47. The van der Waals surface area contributed by atoms with Crippen LogP contribution in [0.3, 0.4) is 0 Å². The number of benzene rings is 3. The number of carbonyl (C=O) groups is 4. The zero-order valence-electron chi connectivity index (χ0n) is 46.6. The van der Waals surface area contributed by atoms with Gasteiger partial charge in [0.15, 0.2) is 5.82 Å². The van der Waals surface area contributed by atoms with E-state index in [1.165, 1.54) is 4.90 Å².